The van der Waals surface area contributed by atoms with Gasteiger partial charge in [-0.15, -0.1) is 4.28 Å². The van der Waals surface area contributed by atoms with Crippen LogP contribution in [0.3, 0.4) is 0 Å². The van der Waals surface area contributed by atoms with Gasteiger partial charge in [-0.25, -0.2) is 8.78 Å². The van der Waals surface area contributed by atoms with Crippen LogP contribution >= 0.6 is 0 Å². The van der Waals surface area contributed by atoms with E-state index >= 15 is 0 Å². The van der Waals surface area contributed by atoms with Gasteiger partial charge in [0.25, 0.3) is 5.69 Å². The second kappa shape index (κ2) is 8.75. The molecule has 33 heavy (non-hydrogen) atoms. The second-order valence-electron chi connectivity index (χ2n) is 7.89. The molecule has 4 aromatic rings. The van der Waals surface area contributed by atoms with Gasteiger partial charge >= 0.3 is 10.1 Å². The van der Waals surface area contributed by atoms with Crippen molar-refractivity contribution in [3.05, 3.63) is 107 Å². The van der Waals surface area contributed by atoms with Crippen LogP contribution in [-0.2, 0) is 10.1 Å². The normalized spacial score (nSPS) is 11.4. The van der Waals surface area contributed by atoms with E-state index in [0.717, 1.165) is 27.0 Å². The van der Waals surface area contributed by atoms with Crippen LogP contribution in [0.5, 0.6) is 0 Å². The maximum Gasteiger partial charge on any atom is 0.396 e. The van der Waals surface area contributed by atoms with E-state index in [2.05, 4.69) is 0 Å². The van der Waals surface area contributed by atoms with E-state index in [1.807, 2.05) is 6.92 Å². The molecule has 0 radical (unpaired) electrons. The third kappa shape index (κ3) is 4.78. The van der Waals surface area contributed by atoms with Gasteiger partial charge in [0.15, 0.2) is 0 Å². The van der Waals surface area contributed by atoms with Crippen LogP contribution in [0.4, 0.5) is 8.78 Å². The van der Waals surface area contributed by atoms with E-state index in [0.29, 0.717) is 16.8 Å². The lowest BCUT2D eigenvalue weighted by Crippen LogP contribution is -2.47. The number of benzene rings is 3. The van der Waals surface area contributed by atoms with Gasteiger partial charge in [-0.1, -0.05) is 23.8 Å². The van der Waals surface area contributed by atoms with Crippen molar-refractivity contribution < 1.29 is 26.2 Å². The van der Waals surface area contributed by atoms with Crippen LogP contribution in [0.15, 0.2) is 83.9 Å². The molecule has 4 nitrogen and oxygen atoms in total. The summed E-state index contributed by atoms with van der Waals surface area (Å²) in [5.74, 6) is -0.745. The molecular formula is C26H22F2NO3S+. The molecule has 0 aliphatic carbocycles. The van der Waals surface area contributed by atoms with Gasteiger partial charge in [0.05, 0.1) is 5.56 Å². The molecule has 0 aliphatic rings. The first-order valence-electron chi connectivity index (χ1n) is 10.2. The monoisotopic (exact) mass is 466 g/mol. The number of rotatable bonds is 5. The largest absolute Gasteiger partial charge is 0.396 e. The van der Waals surface area contributed by atoms with Gasteiger partial charge in [-0.3, -0.25) is 0 Å². The third-order valence-electron chi connectivity index (χ3n) is 5.37. The lowest BCUT2D eigenvalue weighted by Gasteiger charge is -2.10. The molecule has 0 N–H and O–H groups in total. The van der Waals surface area contributed by atoms with Crippen LogP contribution in [-0.4, -0.2) is 8.42 Å². The fourth-order valence-electron chi connectivity index (χ4n) is 3.64. The van der Waals surface area contributed by atoms with E-state index in [9.17, 15) is 17.2 Å². The molecule has 0 amide bonds. The highest BCUT2D eigenvalue weighted by atomic mass is 32.2. The predicted octanol–water partition coefficient (Wildman–Crippen LogP) is 5.33. The molecule has 3 aromatic carbocycles. The maximum absolute atomic E-state index is 13.8. The average molecular weight is 467 g/mol. The van der Waals surface area contributed by atoms with Gasteiger partial charge < -0.3 is 0 Å². The SMILES string of the molecule is Cc1ccc(S(=O)(=O)O[n+]2ccc(-c3ccc(F)cc3C)cc2-c2ccc(F)cc2C)cc1. The van der Waals surface area contributed by atoms with E-state index in [1.54, 1.807) is 50.2 Å². The molecule has 1 aromatic heterocycles. The minimum Gasteiger partial charge on any atom is -0.207 e. The van der Waals surface area contributed by atoms with Gasteiger partial charge in [0.1, 0.15) is 16.5 Å². The van der Waals surface area contributed by atoms with Gasteiger partial charge in [0.2, 0.25) is 6.20 Å². The number of hydrogen-bond acceptors (Lipinski definition) is 3. The van der Waals surface area contributed by atoms with Crippen molar-refractivity contribution in [3.63, 3.8) is 0 Å². The smallest absolute Gasteiger partial charge is 0.207 e. The minimum atomic E-state index is -4.13. The summed E-state index contributed by atoms with van der Waals surface area (Å²) in [4.78, 5) is 0.0147. The molecule has 7 heteroatoms. The van der Waals surface area contributed by atoms with E-state index in [4.69, 9.17) is 4.28 Å². The zero-order chi connectivity index (χ0) is 23.8. The predicted molar refractivity (Wildman–Crippen MR) is 122 cm³/mol. The van der Waals surface area contributed by atoms with Crippen LogP contribution < -0.4 is 9.01 Å². The van der Waals surface area contributed by atoms with E-state index in [1.165, 1.54) is 42.6 Å². The summed E-state index contributed by atoms with van der Waals surface area (Å²) in [5.41, 5.74) is 4.77. The summed E-state index contributed by atoms with van der Waals surface area (Å²) >= 11 is 0. The maximum atomic E-state index is 13.8. The third-order valence-corrected chi connectivity index (χ3v) is 6.58. The average Bonchev–Trinajstić information content (AvgIpc) is 2.75. The highest BCUT2D eigenvalue weighted by molar-refractivity contribution is 7.86. The Balaban J connectivity index is 1.86. The van der Waals surface area contributed by atoms with Crippen molar-refractivity contribution in [2.24, 2.45) is 0 Å². The Morgan fingerprint density at radius 1 is 0.727 bits per heavy atom. The van der Waals surface area contributed by atoms with Gasteiger partial charge in [-0.2, -0.15) is 8.42 Å². The van der Waals surface area contributed by atoms with Crippen LogP contribution in [0.2, 0.25) is 0 Å². The summed E-state index contributed by atoms with van der Waals surface area (Å²) in [6.45, 7) is 5.38. The first kappa shape index (κ1) is 22.6. The van der Waals surface area contributed by atoms with E-state index < -0.39 is 15.9 Å². The quantitative estimate of drug-likeness (QED) is 0.374. The first-order valence-corrected chi connectivity index (χ1v) is 11.7. The lowest BCUT2D eigenvalue weighted by atomic mass is 9.98. The van der Waals surface area contributed by atoms with Crippen molar-refractivity contribution in [1.82, 2.24) is 0 Å². The van der Waals surface area contributed by atoms with Crippen molar-refractivity contribution in [2.75, 3.05) is 0 Å². The molecule has 0 spiro atoms. The highest BCUT2D eigenvalue weighted by Gasteiger charge is 2.27. The molecule has 0 saturated heterocycles. The first-order chi connectivity index (χ1) is 15.6. The molecule has 168 valence electrons. The zero-order valence-electron chi connectivity index (χ0n) is 18.3. The van der Waals surface area contributed by atoms with E-state index in [-0.39, 0.29) is 10.7 Å². The fourth-order valence-corrected chi connectivity index (χ4v) is 4.53. The van der Waals surface area contributed by atoms with Gasteiger partial charge in [-0.05, 0) is 85.5 Å². The standard InChI is InChI=1S/C26H22F2NO3S/c1-17-4-8-23(9-5-17)33(30,31)32-29-13-12-20(24-10-6-21(27)14-18(24)2)16-26(29)25-11-7-22(28)15-19(25)3/h4-16H,1-3H3/q+1. The molecular weight excluding hydrogens is 444 g/mol. The van der Waals surface area contributed by atoms with Crippen molar-refractivity contribution in [2.45, 2.75) is 25.7 Å². The molecule has 0 bridgehead atoms. The molecule has 4 rings (SSSR count). The Hall–Kier alpha value is -3.58. The van der Waals surface area contributed by atoms with Crippen LogP contribution in [0.1, 0.15) is 16.7 Å². The number of nitrogens with zero attached hydrogens (tertiary/aromatic N) is 1. The molecule has 0 saturated carbocycles. The number of pyridine rings is 1. The second-order valence-corrected chi connectivity index (χ2v) is 9.42. The number of aryl methyl sites for hydroxylation is 3. The topological polar surface area (TPSA) is 47.3 Å². The Morgan fingerprint density at radius 3 is 1.88 bits per heavy atom. The van der Waals surface area contributed by atoms with Crippen LogP contribution in [0.25, 0.3) is 22.4 Å². The molecule has 0 atom stereocenters. The Morgan fingerprint density at radius 2 is 1.30 bits per heavy atom. The van der Waals surface area contributed by atoms with Crippen molar-refractivity contribution >= 4 is 10.1 Å². The minimum absolute atomic E-state index is 0.0147. The molecule has 0 aliphatic heterocycles. The Labute approximate surface area is 191 Å². The molecule has 0 unspecified atom stereocenters. The fraction of sp³-hybridized carbons (Fsp3) is 0.115. The number of hydrogen-bond donors (Lipinski definition) is 0. The Kier molecular flexibility index (Phi) is 5.99. The highest BCUT2D eigenvalue weighted by Crippen LogP contribution is 2.28. The van der Waals surface area contributed by atoms with Crippen molar-refractivity contribution in [1.29, 1.82) is 0 Å². The summed E-state index contributed by atoms with van der Waals surface area (Å²) in [6, 6.07) is 18.4. The summed E-state index contributed by atoms with van der Waals surface area (Å²) in [7, 11) is -4.13. The number of halogens is 2. The summed E-state index contributed by atoms with van der Waals surface area (Å²) in [5, 5.41) is 0. The van der Waals surface area contributed by atoms with Crippen LogP contribution in [0, 0.1) is 32.4 Å². The van der Waals surface area contributed by atoms with Gasteiger partial charge in [0, 0.05) is 16.9 Å². The zero-order valence-corrected chi connectivity index (χ0v) is 19.2. The molecule has 0 fully saturated rings. The lowest BCUT2D eigenvalue weighted by molar-refractivity contribution is -0.847. The Bertz CT molecular complexity index is 1450. The summed E-state index contributed by atoms with van der Waals surface area (Å²) in [6.07, 6.45) is 1.49. The van der Waals surface area contributed by atoms with Crippen molar-refractivity contribution in [3.8, 4) is 22.4 Å². The number of aromatic nitrogens is 1. The summed E-state index contributed by atoms with van der Waals surface area (Å²) < 4.78 is 59.9. The molecule has 1 heterocycles.